The molecule has 0 saturated carbocycles. The summed E-state index contributed by atoms with van der Waals surface area (Å²) in [5, 5.41) is 5.76. The van der Waals surface area contributed by atoms with Crippen molar-refractivity contribution in [3.63, 3.8) is 0 Å². The van der Waals surface area contributed by atoms with Gasteiger partial charge in [0.1, 0.15) is 0 Å². The molecule has 1 heterocycles. The standard InChI is InChI=1S/C14H25BrN2S/c1-5-6-11(2)16-8-12(3)17(4)9-14-7-13(15)10-18-14/h7,10-12,16H,5-6,8-9H2,1-4H3. The fraction of sp³-hybridized carbons (Fsp3) is 0.714. The minimum atomic E-state index is 0.560. The Labute approximate surface area is 124 Å². The van der Waals surface area contributed by atoms with Crippen LogP contribution >= 0.6 is 27.3 Å². The van der Waals surface area contributed by atoms with Crippen LogP contribution in [0, 0.1) is 0 Å². The monoisotopic (exact) mass is 332 g/mol. The number of nitrogens with one attached hydrogen (secondary N) is 1. The van der Waals surface area contributed by atoms with Crippen molar-refractivity contribution in [2.75, 3.05) is 13.6 Å². The van der Waals surface area contributed by atoms with Crippen molar-refractivity contribution in [3.8, 4) is 0 Å². The molecule has 1 N–H and O–H groups in total. The predicted molar refractivity (Wildman–Crippen MR) is 85.3 cm³/mol. The van der Waals surface area contributed by atoms with E-state index in [1.54, 1.807) is 0 Å². The molecule has 0 fully saturated rings. The predicted octanol–water partition coefficient (Wildman–Crippen LogP) is 4.11. The van der Waals surface area contributed by atoms with Gasteiger partial charge in [0.05, 0.1) is 0 Å². The molecule has 2 atom stereocenters. The molecular weight excluding hydrogens is 308 g/mol. The lowest BCUT2D eigenvalue weighted by atomic mass is 10.2. The fourth-order valence-corrected chi connectivity index (χ4v) is 3.41. The number of likely N-dealkylation sites (N-methyl/N-ethyl adjacent to an activating group) is 1. The molecule has 0 aliphatic carbocycles. The van der Waals surface area contributed by atoms with Gasteiger partial charge in [-0.25, -0.2) is 0 Å². The number of hydrogen-bond acceptors (Lipinski definition) is 3. The Kier molecular flexibility index (Phi) is 7.46. The van der Waals surface area contributed by atoms with E-state index in [1.807, 2.05) is 11.3 Å². The normalized spacial score (nSPS) is 15.0. The van der Waals surface area contributed by atoms with Gasteiger partial charge >= 0.3 is 0 Å². The highest BCUT2D eigenvalue weighted by atomic mass is 79.9. The SMILES string of the molecule is CCCC(C)NCC(C)N(C)Cc1cc(Br)cs1. The summed E-state index contributed by atoms with van der Waals surface area (Å²) in [6.45, 7) is 8.88. The van der Waals surface area contributed by atoms with Crippen LogP contribution in [-0.2, 0) is 6.54 Å². The van der Waals surface area contributed by atoms with E-state index in [2.05, 4.69) is 65.4 Å². The van der Waals surface area contributed by atoms with Crippen LogP contribution in [0.5, 0.6) is 0 Å². The molecule has 0 aromatic carbocycles. The van der Waals surface area contributed by atoms with Gasteiger partial charge < -0.3 is 5.32 Å². The molecule has 0 aliphatic heterocycles. The number of halogens is 1. The Morgan fingerprint density at radius 1 is 1.44 bits per heavy atom. The average molecular weight is 333 g/mol. The first kappa shape index (κ1) is 16.2. The van der Waals surface area contributed by atoms with E-state index >= 15 is 0 Å². The summed E-state index contributed by atoms with van der Waals surface area (Å²) in [4.78, 5) is 3.82. The van der Waals surface area contributed by atoms with Gasteiger partial charge in [-0.05, 0) is 49.3 Å². The Balaban J connectivity index is 2.30. The summed E-state index contributed by atoms with van der Waals surface area (Å²) in [6.07, 6.45) is 2.51. The van der Waals surface area contributed by atoms with E-state index in [1.165, 1.54) is 22.2 Å². The van der Waals surface area contributed by atoms with E-state index < -0.39 is 0 Å². The summed E-state index contributed by atoms with van der Waals surface area (Å²) in [5.41, 5.74) is 0. The third-order valence-electron chi connectivity index (χ3n) is 3.26. The summed E-state index contributed by atoms with van der Waals surface area (Å²) in [5.74, 6) is 0. The number of thiophene rings is 1. The Bertz CT molecular complexity index is 340. The number of rotatable bonds is 8. The van der Waals surface area contributed by atoms with Crippen LogP contribution in [-0.4, -0.2) is 30.6 Å². The maximum absolute atomic E-state index is 3.61. The highest BCUT2D eigenvalue weighted by molar-refractivity contribution is 9.10. The molecule has 104 valence electrons. The molecule has 1 aromatic heterocycles. The van der Waals surface area contributed by atoms with Crippen LogP contribution in [0.3, 0.4) is 0 Å². The van der Waals surface area contributed by atoms with Gasteiger partial charge in [0, 0.05) is 39.9 Å². The van der Waals surface area contributed by atoms with Crippen molar-refractivity contribution >= 4 is 27.3 Å². The number of hydrogen-bond donors (Lipinski definition) is 1. The van der Waals surface area contributed by atoms with Gasteiger partial charge in [0.25, 0.3) is 0 Å². The Morgan fingerprint density at radius 3 is 2.72 bits per heavy atom. The molecule has 0 spiro atoms. The zero-order valence-electron chi connectivity index (χ0n) is 11.9. The molecular formula is C14H25BrN2S. The summed E-state index contributed by atoms with van der Waals surface area (Å²) < 4.78 is 1.19. The first-order chi connectivity index (χ1) is 8.52. The van der Waals surface area contributed by atoms with E-state index in [0.29, 0.717) is 12.1 Å². The zero-order valence-corrected chi connectivity index (χ0v) is 14.3. The lowest BCUT2D eigenvalue weighted by molar-refractivity contribution is 0.239. The maximum Gasteiger partial charge on any atom is 0.0328 e. The van der Waals surface area contributed by atoms with E-state index in [0.717, 1.165) is 13.1 Å². The van der Waals surface area contributed by atoms with Gasteiger partial charge in [-0.15, -0.1) is 11.3 Å². The fourth-order valence-electron chi connectivity index (χ4n) is 1.90. The van der Waals surface area contributed by atoms with Gasteiger partial charge in [-0.1, -0.05) is 13.3 Å². The molecule has 0 aliphatic rings. The maximum atomic E-state index is 3.61. The van der Waals surface area contributed by atoms with Crippen molar-refractivity contribution < 1.29 is 0 Å². The largest absolute Gasteiger partial charge is 0.313 e. The topological polar surface area (TPSA) is 15.3 Å². The third-order valence-corrected chi connectivity index (χ3v) is 4.95. The molecule has 0 amide bonds. The Morgan fingerprint density at radius 2 is 2.17 bits per heavy atom. The lowest BCUT2D eigenvalue weighted by Gasteiger charge is -2.26. The average Bonchev–Trinajstić information content (AvgIpc) is 2.72. The second-order valence-corrected chi connectivity index (χ2v) is 7.00. The molecule has 0 radical (unpaired) electrons. The van der Waals surface area contributed by atoms with Crippen LogP contribution in [0.15, 0.2) is 15.9 Å². The highest BCUT2D eigenvalue weighted by Gasteiger charge is 2.11. The Hall–Kier alpha value is 0.1000. The smallest absolute Gasteiger partial charge is 0.0328 e. The quantitative estimate of drug-likeness (QED) is 0.770. The minimum Gasteiger partial charge on any atom is -0.313 e. The minimum absolute atomic E-state index is 0.560. The molecule has 0 saturated heterocycles. The van der Waals surface area contributed by atoms with Crippen molar-refractivity contribution in [2.24, 2.45) is 0 Å². The third kappa shape index (κ3) is 5.83. The van der Waals surface area contributed by atoms with E-state index in [-0.39, 0.29) is 0 Å². The second kappa shape index (κ2) is 8.31. The van der Waals surface area contributed by atoms with Crippen LogP contribution in [0.2, 0.25) is 0 Å². The van der Waals surface area contributed by atoms with E-state index in [9.17, 15) is 0 Å². The van der Waals surface area contributed by atoms with Crippen LogP contribution in [0.4, 0.5) is 0 Å². The van der Waals surface area contributed by atoms with Crippen molar-refractivity contribution in [1.82, 2.24) is 10.2 Å². The summed E-state index contributed by atoms with van der Waals surface area (Å²) in [7, 11) is 2.20. The summed E-state index contributed by atoms with van der Waals surface area (Å²) in [6, 6.07) is 3.40. The van der Waals surface area contributed by atoms with E-state index in [4.69, 9.17) is 0 Å². The second-order valence-electron chi connectivity index (χ2n) is 5.09. The molecule has 1 rings (SSSR count). The lowest BCUT2D eigenvalue weighted by Crippen LogP contribution is -2.40. The van der Waals surface area contributed by atoms with Gasteiger partial charge in [-0.3, -0.25) is 4.90 Å². The van der Waals surface area contributed by atoms with Crippen molar-refractivity contribution in [3.05, 3.63) is 20.8 Å². The van der Waals surface area contributed by atoms with Gasteiger partial charge in [0.15, 0.2) is 0 Å². The summed E-state index contributed by atoms with van der Waals surface area (Å²) >= 11 is 5.32. The molecule has 0 bridgehead atoms. The van der Waals surface area contributed by atoms with Crippen LogP contribution in [0.1, 0.15) is 38.5 Å². The van der Waals surface area contributed by atoms with Crippen molar-refractivity contribution in [2.45, 2.75) is 52.2 Å². The molecule has 1 aromatic rings. The van der Waals surface area contributed by atoms with Crippen LogP contribution < -0.4 is 5.32 Å². The number of nitrogens with zero attached hydrogens (tertiary/aromatic N) is 1. The highest BCUT2D eigenvalue weighted by Crippen LogP contribution is 2.21. The molecule has 2 nitrogen and oxygen atoms in total. The first-order valence-corrected chi connectivity index (χ1v) is 8.36. The first-order valence-electron chi connectivity index (χ1n) is 6.69. The van der Waals surface area contributed by atoms with Gasteiger partial charge in [0.2, 0.25) is 0 Å². The van der Waals surface area contributed by atoms with Crippen LogP contribution in [0.25, 0.3) is 0 Å². The zero-order chi connectivity index (χ0) is 13.5. The van der Waals surface area contributed by atoms with Gasteiger partial charge in [-0.2, -0.15) is 0 Å². The molecule has 2 unspecified atom stereocenters. The molecule has 18 heavy (non-hydrogen) atoms. The molecule has 4 heteroatoms. The van der Waals surface area contributed by atoms with Crippen molar-refractivity contribution in [1.29, 1.82) is 0 Å².